The van der Waals surface area contributed by atoms with Gasteiger partial charge in [0.05, 0.1) is 27.3 Å². The molecule has 0 aliphatic rings. The third-order valence-electron chi connectivity index (χ3n) is 6.36. The zero-order valence-electron chi connectivity index (χ0n) is 22.3. The van der Waals surface area contributed by atoms with Crippen LogP contribution in [0.15, 0.2) is 30.3 Å². The molecule has 0 bridgehead atoms. The quantitative estimate of drug-likeness (QED) is 0.287. The van der Waals surface area contributed by atoms with E-state index in [2.05, 4.69) is 32.9 Å². The van der Waals surface area contributed by atoms with Gasteiger partial charge in [0.15, 0.2) is 11.5 Å². The SMILES string of the molecule is CCCCCC(=O)N(CC(=O)N(CCc1ccc(OC)c(OC)c1)Cc1ccc(C)s1)C(C)CC. The van der Waals surface area contributed by atoms with Gasteiger partial charge in [0.2, 0.25) is 11.8 Å². The van der Waals surface area contributed by atoms with Crippen molar-refractivity contribution in [3.8, 4) is 11.5 Å². The van der Waals surface area contributed by atoms with Crippen LogP contribution >= 0.6 is 11.3 Å². The number of unbranched alkanes of at least 4 members (excludes halogenated alkanes) is 2. The molecule has 0 N–H and O–H groups in total. The van der Waals surface area contributed by atoms with E-state index in [1.54, 1.807) is 30.5 Å². The summed E-state index contributed by atoms with van der Waals surface area (Å²) in [5, 5.41) is 0. The maximum atomic E-state index is 13.6. The second kappa shape index (κ2) is 14.8. The fraction of sp³-hybridized carbons (Fsp3) is 0.571. The van der Waals surface area contributed by atoms with E-state index in [9.17, 15) is 9.59 Å². The van der Waals surface area contributed by atoms with E-state index in [-0.39, 0.29) is 24.4 Å². The van der Waals surface area contributed by atoms with Crippen molar-refractivity contribution < 1.29 is 19.1 Å². The highest BCUT2D eigenvalue weighted by Crippen LogP contribution is 2.28. The topological polar surface area (TPSA) is 59.1 Å². The Morgan fingerprint density at radius 2 is 1.74 bits per heavy atom. The number of hydrogen-bond donors (Lipinski definition) is 0. The van der Waals surface area contributed by atoms with Crippen molar-refractivity contribution in [1.29, 1.82) is 0 Å². The van der Waals surface area contributed by atoms with Crippen molar-refractivity contribution in [1.82, 2.24) is 9.80 Å². The predicted molar refractivity (Wildman–Crippen MR) is 143 cm³/mol. The van der Waals surface area contributed by atoms with Crippen molar-refractivity contribution in [2.45, 2.75) is 78.8 Å². The molecule has 2 aromatic rings. The first-order valence-electron chi connectivity index (χ1n) is 12.7. The van der Waals surface area contributed by atoms with Crippen LogP contribution in [0, 0.1) is 6.92 Å². The molecule has 1 atom stereocenters. The van der Waals surface area contributed by atoms with Gasteiger partial charge in [-0.1, -0.05) is 32.8 Å². The third kappa shape index (κ3) is 8.88. The summed E-state index contributed by atoms with van der Waals surface area (Å²) in [4.78, 5) is 32.6. The number of methoxy groups -OCH3 is 2. The van der Waals surface area contributed by atoms with Gasteiger partial charge in [-0.2, -0.15) is 0 Å². The first-order valence-corrected chi connectivity index (χ1v) is 13.5. The van der Waals surface area contributed by atoms with Crippen LogP contribution in [0.25, 0.3) is 0 Å². The fourth-order valence-electron chi connectivity index (χ4n) is 3.98. The third-order valence-corrected chi connectivity index (χ3v) is 7.34. The number of aryl methyl sites for hydroxylation is 1. The second-order valence-electron chi connectivity index (χ2n) is 9.00. The number of amides is 2. The van der Waals surface area contributed by atoms with Gasteiger partial charge >= 0.3 is 0 Å². The minimum absolute atomic E-state index is 0.0133. The Bertz CT molecular complexity index is 943. The summed E-state index contributed by atoms with van der Waals surface area (Å²) >= 11 is 1.70. The summed E-state index contributed by atoms with van der Waals surface area (Å²) < 4.78 is 10.8. The number of carbonyl (C=O) groups excluding carboxylic acids is 2. The number of thiophene rings is 1. The lowest BCUT2D eigenvalue weighted by Gasteiger charge is -2.31. The highest BCUT2D eigenvalue weighted by atomic mass is 32.1. The maximum absolute atomic E-state index is 13.6. The molecule has 0 spiro atoms. The Morgan fingerprint density at radius 3 is 2.34 bits per heavy atom. The average molecular weight is 503 g/mol. The van der Waals surface area contributed by atoms with Crippen molar-refractivity contribution in [2.75, 3.05) is 27.3 Å². The van der Waals surface area contributed by atoms with Crippen LogP contribution in [0.2, 0.25) is 0 Å². The van der Waals surface area contributed by atoms with Gasteiger partial charge in [-0.3, -0.25) is 9.59 Å². The van der Waals surface area contributed by atoms with E-state index in [0.717, 1.165) is 36.1 Å². The molecule has 35 heavy (non-hydrogen) atoms. The van der Waals surface area contributed by atoms with E-state index in [4.69, 9.17) is 9.47 Å². The molecule has 194 valence electrons. The van der Waals surface area contributed by atoms with E-state index in [1.807, 2.05) is 30.0 Å². The summed E-state index contributed by atoms with van der Waals surface area (Å²) in [6.45, 7) is 9.52. The lowest BCUT2D eigenvalue weighted by Crippen LogP contribution is -2.46. The van der Waals surface area contributed by atoms with Gasteiger partial charge in [0, 0.05) is 28.8 Å². The first kappa shape index (κ1) is 28.7. The molecule has 0 aliphatic heterocycles. The van der Waals surface area contributed by atoms with E-state index < -0.39 is 0 Å². The van der Waals surface area contributed by atoms with Crippen molar-refractivity contribution in [3.05, 3.63) is 45.6 Å². The lowest BCUT2D eigenvalue weighted by atomic mass is 10.1. The first-order chi connectivity index (χ1) is 16.8. The molecule has 1 unspecified atom stereocenters. The van der Waals surface area contributed by atoms with Gasteiger partial charge in [-0.25, -0.2) is 0 Å². The fourth-order valence-corrected chi connectivity index (χ4v) is 4.88. The zero-order chi connectivity index (χ0) is 25.8. The Hall–Kier alpha value is -2.54. The van der Waals surface area contributed by atoms with Gasteiger partial charge in [-0.15, -0.1) is 11.3 Å². The van der Waals surface area contributed by atoms with Crippen LogP contribution in [0.3, 0.4) is 0 Å². The monoisotopic (exact) mass is 502 g/mol. The number of benzene rings is 1. The van der Waals surface area contributed by atoms with Crippen LogP contribution in [-0.2, 0) is 22.6 Å². The number of ether oxygens (including phenoxy) is 2. The summed E-state index contributed by atoms with van der Waals surface area (Å²) in [6, 6.07) is 10.0. The lowest BCUT2D eigenvalue weighted by molar-refractivity contribution is -0.142. The predicted octanol–water partition coefficient (Wildman–Crippen LogP) is 5.85. The van der Waals surface area contributed by atoms with E-state index in [1.165, 1.54) is 4.88 Å². The van der Waals surface area contributed by atoms with Crippen LogP contribution in [0.5, 0.6) is 11.5 Å². The molecule has 2 rings (SSSR count). The normalized spacial score (nSPS) is 11.7. The second-order valence-corrected chi connectivity index (χ2v) is 10.4. The summed E-state index contributed by atoms with van der Waals surface area (Å²) in [6.07, 6.45) is 4.98. The molecule has 6 nitrogen and oxygen atoms in total. The average Bonchev–Trinajstić information content (AvgIpc) is 3.28. The van der Waals surface area contributed by atoms with Crippen LogP contribution in [-0.4, -0.2) is 55.0 Å². The van der Waals surface area contributed by atoms with Crippen molar-refractivity contribution in [3.63, 3.8) is 0 Å². The van der Waals surface area contributed by atoms with Crippen LogP contribution in [0.4, 0.5) is 0 Å². The van der Waals surface area contributed by atoms with Gasteiger partial charge in [0.25, 0.3) is 0 Å². The Kier molecular flexibility index (Phi) is 12.1. The number of carbonyl (C=O) groups is 2. The van der Waals surface area contributed by atoms with Crippen LogP contribution < -0.4 is 9.47 Å². The maximum Gasteiger partial charge on any atom is 0.242 e. The standard InChI is InChI=1S/C28H42N2O4S/c1-7-9-10-11-27(31)30(21(3)8-2)20-28(32)29(19-24-14-12-22(4)35-24)17-16-23-13-15-25(33-5)26(18-23)34-6/h12-15,18,21H,7-11,16-17,19-20H2,1-6H3. The van der Waals surface area contributed by atoms with Gasteiger partial charge < -0.3 is 19.3 Å². The number of rotatable bonds is 15. The Labute approximate surface area is 215 Å². The smallest absolute Gasteiger partial charge is 0.242 e. The van der Waals surface area contributed by atoms with Gasteiger partial charge in [0.1, 0.15) is 0 Å². The zero-order valence-corrected chi connectivity index (χ0v) is 23.1. The minimum atomic E-state index is -0.0133. The van der Waals surface area contributed by atoms with Crippen molar-refractivity contribution in [2.24, 2.45) is 0 Å². The highest BCUT2D eigenvalue weighted by Gasteiger charge is 2.25. The summed E-state index contributed by atoms with van der Waals surface area (Å²) in [5.74, 6) is 1.43. The van der Waals surface area contributed by atoms with E-state index >= 15 is 0 Å². The molecule has 2 amide bonds. The molecule has 1 aromatic heterocycles. The molecule has 0 fully saturated rings. The van der Waals surface area contributed by atoms with Gasteiger partial charge in [-0.05, 0) is 62.9 Å². The molecule has 7 heteroatoms. The summed E-state index contributed by atoms with van der Waals surface area (Å²) in [5.41, 5.74) is 1.07. The number of nitrogens with zero attached hydrogens (tertiary/aromatic N) is 2. The molecule has 0 saturated heterocycles. The molecule has 1 aromatic carbocycles. The molecule has 0 radical (unpaired) electrons. The Balaban J connectivity index is 2.18. The van der Waals surface area contributed by atoms with E-state index in [0.29, 0.717) is 37.4 Å². The molecular formula is C28H42N2O4S. The molecular weight excluding hydrogens is 460 g/mol. The molecule has 1 heterocycles. The minimum Gasteiger partial charge on any atom is -0.493 e. The largest absolute Gasteiger partial charge is 0.493 e. The summed E-state index contributed by atoms with van der Waals surface area (Å²) in [7, 11) is 3.24. The molecule has 0 aliphatic carbocycles. The van der Waals surface area contributed by atoms with Crippen LogP contribution in [0.1, 0.15) is 68.2 Å². The molecule has 0 saturated carbocycles. The van der Waals surface area contributed by atoms with Crippen molar-refractivity contribution >= 4 is 23.2 Å². The Morgan fingerprint density at radius 1 is 1.00 bits per heavy atom. The number of hydrogen-bond acceptors (Lipinski definition) is 5. The highest BCUT2D eigenvalue weighted by molar-refractivity contribution is 7.11.